The van der Waals surface area contributed by atoms with E-state index in [1.807, 2.05) is 27.0 Å². The van der Waals surface area contributed by atoms with E-state index in [1.54, 1.807) is 6.92 Å². The van der Waals surface area contributed by atoms with Gasteiger partial charge in [-0.25, -0.2) is 4.79 Å². The van der Waals surface area contributed by atoms with Crippen molar-refractivity contribution in [3.05, 3.63) is 11.8 Å². The molecule has 1 aliphatic heterocycles. The molecular weight excluding hydrogens is 258 g/mol. The molecule has 0 bridgehead atoms. The molecule has 1 rings (SSSR count). The lowest BCUT2D eigenvalue weighted by Gasteiger charge is -2.36. The standard InChI is InChI=1S/C14H27NO3Si/c1-10(16)11-8-12(13(17)18-14(2,3)4)15(9-11)19(5,6)7/h9-10,12,16H,8H2,1-7H3/t10?,12-/m1/s1. The minimum atomic E-state index is -1.67. The topological polar surface area (TPSA) is 49.8 Å². The van der Waals surface area contributed by atoms with Gasteiger partial charge in [0, 0.05) is 6.42 Å². The summed E-state index contributed by atoms with van der Waals surface area (Å²) < 4.78 is 7.63. The molecule has 0 aromatic heterocycles. The number of esters is 1. The fraction of sp³-hybridized carbons (Fsp3) is 0.786. The van der Waals surface area contributed by atoms with Crippen molar-refractivity contribution in [2.45, 2.75) is 71.5 Å². The molecule has 0 aliphatic carbocycles. The molecular formula is C14H27NO3Si. The Hall–Kier alpha value is -0.813. The predicted molar refractivity (Wildman–Crippen MR) is 79.2 cm³/mol. The van der Waals surface area contributed by atoms with Crippen LogP contribution >= 0.6 is 0 Å². The maximum absolute atomic E-state index is 12.3. The summed E-state index contributed by atoms with van der Waals surface area (Å²) in [6.07, 6.45) is 2.02. The zero-order valence-electron chi connectivity index (χ0n) is 13.2. The van der Waals surface area contributed by atoms with Crippen LogP contribution in [0.4, 0.5) is 0 Å². The lowest BCUT2D eigenvalue weighted by Crippen LogP contribution is -2.50. The van der Waals surface area contributed by atoms with Gasteiger partial charge in [-0.2, -0.15) is 0 Å². The monoisotopic (exact) mass is 285 g/mol. The lowest BCUT2D eigenvalue weighted by molar-refractivity contribution is -0.158. The largest absolute Gasteiger partial charge is 0.458 e. The summed E-state index contributed by atoms with van der Waals surface area (Å²) in [6.45, 7) is 13.9. The van der Waals surface area contributed by atoms with Crippen LogP contribution in [0.3, 0.4) is 0 Å². The first kappa shape index (κ1) is 16.2. The van der Waals surface area contributed by atoms with Gasteiger partial charge in [-0.3, -0.25) is 0 Å². The molecule has 1 unspecified atom stereocenters. The molecule has 5 heteroatoms. The molecule has 0 saturated heterocycles. The average Bonchev–Trinajstić information content (AvgIpc) is 2.57. The summed E-state index contributed by atoms with van der Waals surface area (Å²) >= 11 is 0. The van der Waals surface area contributed by atoms with E-state index < -0.39 is 19.9 Å². The maximum atomic E-state index is 12.3. The van der Waals surface area contributed by atoms with E-state index in [1.165, 1.54) is 0 Å². The zero-order valence-corrected chi connectivity index (χ0v) is 14.2. The van der Waals surface area contributed by atoms with Gasteiger partial charge in [-0.1, -0.05) is 19.6 Å². The fourth-order valence-corrected chi connectivity index (χ4v) is 3.83. The Kier molecular flexibility index (Phi) is 4.52. The molecule has 1 heterocycles. The number of hydrogen-bond acceptors (Lipinski definition) is 4. The SMILES string of the molecule is CC(O)C1=CN([Si](C)(C)C)[C@@H](C(=O)OC(C)(C)C)C1. The number of hydrogen-bond donors (Lipinski definition) is 1. The Balaban J connectivity index is 2.92. The van der Waals surface area contributed by atoms with Crippen LogP contribution < -0.4 is 0 Å². The Morgan fingerprint density at radius 3 is 2.37 bits per heavy atom. The fourth-order valence-electron chi connectivity index (χ4n) is 2.15. The van der Waals surface area contributed by atoms with Crippen LogP contribution in [0.25, 0.3) is 0 Å². The molecule has 0 spiro atoms. The summed E-state index contributed by atoms with van der Waals surface area (Å²) in [7, 11) is -1.67. The molecule has 0 radical (unpaired) electrons. The third-order valence-corrected chi connectivity index (χ3v) is 5.05. The minimum Gasteiger partial charge on any atom is -0.458 e. The second-order valence-electron chi connectivity index (χ2n) is 7.21. The van der Waals surface area contributed by atoms with E-state index in [0.717, 1.165) is 5.57 Å². The third-order valence-electron chi connectivity index (χ3n) is 3.06. The normalized spacial score (nSPS) is 22.2. The number of carbonyl (C=O) groups excluding carboxylic acids is 1. The molecule has 19 heavy (non-hydrogen) atoms. The second kappa shape index (κ2) is 5.29. The van der Waals surface area contributed by atoms with Gasteiger partial charge in [0.15, 0.2) is 0 Å². The highest BCUT2D eigenvalue weighted by Crippen LogP contribution is 2.30. The van der Waals surface area contributed by atoms with Crippen LogP contribution in [0, 0.1) is 0 Å². The van der Waals surface area contributed by atoms with Gasteiger partial charge in [0.25, 0.3) is 0 Å². The summed E-state index contributed by atoms with van der Waals surface area (Å²) in [5.41, 5.74) is 0.439. The first-order chi connectivity index (χ1) is 8.42. The van der Waals surface area contributed by atoms with Gasteiger partial charge in [0.1, 0.15) is 19.9 Å². The number of nitrogens with zero attached hydrogens (tertiary/aromatic N) is 1. The van der Waals surface area contributed by atoms with E-state index in [0.29, 0.717) is 6.42 Å². The Morgan fingerprint density at radius 2 is 2.00 bits per heavy atom. The number of rotatable bonds is 3. The molecule has 0 amide bonds. The van der Waals surface area contributed by atoms with Gasteiger partial charge in [0.05, 0.1) is 6.10 Å². The number of aliphatic hydroxyl groups excluding tert-OH is 1. The number of ether oxygens (including phenoxy) is 1. The highest BCUT2D eigenvalue weighted by atomic mass is 28.3. The van der Waals surface area contributed by atoms with Crippen LogP contribution in [0.1, 0.15) is 34.1 Å². The molecule has 0 aromatic carbocycles. The average molecular weight is 285 g/mol. The first-order valence-electron chi connectivity index (χ1n) is 6.82. The summed E-state index contributed by atoms with van der Waals surface area (Å²) in [5.74, 6) is -0.193. The van der Waals surface area contributed by atoms with Gasteiger partial charge in [-0.15, -0.1) is 0 Å². The lowest BCUT2D eigenvalue weighted by atomic mass is 10.1. The van der Waals surface area contributed by atoms with Crippen LogP contribution in [0.15, 0.2) is 11.8 Å². The Labute approximate surface area is 117 Å². The van der Waals surface area contributed by atoms with Crippen molar-refractivity contribution < 1.29 is 14.6 Å². The van der Waals surface area contributed by atoms with Crippen molar-refractivity contribution in [1.29, 1.82) is 0 Å². The first-order valence-corrected chi connectivity index (χ1v) is 10.3. The minimum absolute atomic E-state index is 0.193. The van der Waals surface area contributed by atoms with Gasteiger partial charge < -0.3 is 14.4 Å². The van der Waals surface area contributed by atoms with E-state index in [-0.39, 0.29) is 12.0 Å². The maximum Gasteiger partial charge on any atom is 0.328 e. The van der Waals surface area contributed by atoms with Crippen molar-refractivity contribution in [3.63, 3.8) is 0 Å². The van der Waals surface area contributed by atoms with Crippen molar-refractivity contribution in [2.24, 2.45) is 0 Å². The molecule has 1 N–H and O–H groups in total. The van der Waals surface area contributed by atoms with Gasteiger partial charge in [-0.05, 0) is 39.5 Å². The van der Waals surface area contributed by atoms with Crippen LogP contribution in [0.5, 0.6) is 0 Å². The van der Waals surface area contributed by atoms with Crippen molar-refractivity contribution in [1.82, 2.24) is 4.57 Å². The molecule has 1 aliphatic rings. The predicted octanol–water partition coefficient (Wildman–Crippen LogP) is 2.50. The van der Waals surface area contributed by atoms with E-state index in [4.69, 9.17) is 4.74 Å². The third kappa shape index (κ3) is 4.35. The van der Waals surface area contributed by atoms with Crippen LogP contribution in [0.2, 0.25) is 19.6 Å². The highest BCUT2D eigenvalue weighted by Gasteiger charge is 2.40. The Morgan fingerprint density at radius 1 is 1.47 bits per heavy atom. The van der Waals surface area contributed by atoms with E-state index in [2.05, 4.69) is 24.2 Å². The molecule has 0 aromatic rings. The molecule has 0 fully saturated rings. The zero-order chi connectivity index (χ0) is 15.0. The van der Waals surface area contributed by atoms with Gasteiger partial charge in [0.2, 0.25) is 0 Å². The van der Waals surface area contributed by atoms with Crippen molar-refractivity contribution in [3.8, 4) is 0 Å². The summed E-state index contributed by atoms with van der Waals surface area (Å²) in [6, 6.07) is -0.282. The summed E-state index contributed by atoms with van der Waals surface area (Å²) in [4.78, 5) is 12.3. The van der Waals surface area contributed by atoms with Crippen LogP contribution in [-0.2, 0) is 9.53 Å². The quantitative estimate of drug-likeness (QED) is 0.639. The number of aliphatic hydroxyl groups is 1. The number of carbonyl (C=O) groups is 1. The second-order valence-corrected chi connectivity index (χ2v) is 12.1. The van der Waals surface area contributed by atoms with Crippen LogP contribution in [-0.4, -0.2) is 41.6 Å². The molecule has 4 nitrogen and oxygen atoms in total. The molecule has 0 saturated carbocycles. The summed E-state index contributed by atoms with van der Waals surface area (Å²) in [5, 5.41) is 9.74. The molecule has 2 atom stereocenters. The van der Waals surface area contributed by atoms with Crippen molar-refractivity contribution >= 4 is 14.2 Å². The van der Waals surface area contributed by atoms with Gasteiger partial charge >= 0.3 is 5.97 Å². The van der Waals surface area contributed by atoms with E-state index >= 15 is 0 Å². The van der Waals surface area contributed by atoms with E-state index in [9.17, 15) is 9.90 Å². The molecule has 110 valence electrons. The smallest absolute Gasteiger partial charge is 0.328 e. The Bertz CT molecular complexity index is 377. The highest BCUT2D eigenvalue weighted by molar-refractivity contribution is 6.73. The van der Waals surface area contributed by atoms with Crippen molar-refractivity contribution in [2.75, 3.05) is 0 Å².